The molecule has 70 heavy (non-hydrogen) atoms. The highest BCUT2D eigenvalue weighted by atomic mass is 32.1. The van der Waals surface area contributed by atoms with Gasteiger partial charge in [-0.2, -0.15) is 0 Å². The summed E-state index contributed by atoms with van der Waals surface area (Å²) in [4.78, 5) is 7.63. The van der Waals surface area contributed by atoms with E-state index in [1.807, 2.05) is 29.6 Å². The maximum atomic E-state index is 3.85. The molecule has 3 aliphatic rings. The minimum atomic E-state index is -0.142. The Bertz CT molecular complexity index is 3320. The van der Waals surface area contributed by atoms with Crippen molar-refractivity contribution in [3.05, 3.63) is 251 Å². The van der Waals surface area contributed by atoms with Crippen molar-refractivity contribution in [2.75, 3.05) is 16.3 Å². The molecule has 0 amide bonds. The Morgan fingerprint density at radius 2 is 1.23 bits per heavy atom. The van der Waals surface area contributed by atoms with Crippen molar-refractivity contribution in [1.82, 2.24) is 0 Å². The van der Waals surface area contributed by atoms with E-state index in [1.165, 1.54) is 105 Å². The molecule has 0 spiro atoms. The van der Waals surface area contributed by atoms with Gasteiger partial charge in [0.25, 0.3) is 0 Å². The van der Waals surface area contributed by atoms with Crippen molar-refractivity contribution < 1.29 is 0 Å². The number of anilines is 4. The Balaban J connectivity index is 0.913. The minimum Gasteiger partial charge on any atom is -0.338 e. The van der Waals surface area contributed by atoms with E-state index < -0.39 is 0 Å². The summed E-state index contributed by atoms with van der Waals surface area (Å²) in [6.45, 7) is 22.8. The standard InChI is InChI=1S/C67H64N2S/c1-10-11-12-13-17-40-68(55-33-37-59-57-35-27-50(46(4)21-20-45(2)3)41-61(57)66(6,7)63(59)43-55)52-29-23-48(24-30-52)49-25-31-54(32-26-49)69(53-18-15-14-16-19-53)56-34-38-60-58-36-28-51(65-39-22-47(5)70-65)42-62(58)67(8,9)64(60)44-56/h10-31,33-39,41-44,54H,1,32,40H2,2-9H3/b12-11-,17-13-,46-21+. The second-order valence-corrected chi connectivity index (χ2v) is 21.8. The number of allylic oxidation sites excluding steroid dienone is 10. The normalized spacial score (nSPS) is 16.1. The van der Waals surface area contributed by atoms with Crippen LogP contribution in [0.2, 0.25) is 0 Å². The van der Waals surface area contributed by atoms with E-state index >= 15 is 0 Å². The van der Waals surface area contributed by atoms with Crippen LogP contribution >= 0.6 is 11.3 Å². The average molecular weight is 929 g/mol. The maximum absolute atomic E-state index is 3.85. The summed E-state index contributed by atoms with van der Waals surface area (Å²) < 4.78 is 0. The summed E-state index contributed by atoms with van der Waals surface area (Å²) in [5.41, 5.74) is 23.0. The van der Waals surface area contributed by atoms with E-state index in [1.54, 1.807) is 0 Å². The molecule has 0 aliphatic heterocycles. The lowest BCUT2D eigenvalue weighted by Crippen LogP contribution is -2.30. The van der Waals surface area contributed by atoms with Gasteiger partial charge in [0.15, 0.2) is 0 Å². The van der Waals surface area contributed by atoms with E-state index in [9.17, 15) is 0 Å². The Morgan fingerprint density at radius 1 is 0.614 bits per heavy atom. The largest absolute Gasteiger partial charge is 0.338 e. The second kappa shape index (κ2) is 18.9. The molecule has 10 rings (SSSR count). The molecule has 0 bridgehead atoms. The van der Waals surface area contributed by atoms with Crippen LogP contribution < -0.4 is 9.80 Å². The van der Waals surface area contributed by atoms with Crippen LogP contribution in [0.3, 0.4) is 0 Å². The number of hydrogen-bond donors (Lipinski definition) is 0. The van der Waals surface area contributed by atoms with Gasteiger partial charge in [-0.15, -0.1) is 11.3 Å². The summed E-state index contributed by atoms with van der Waals surface area (Å²) in [5, 5.41) is 0. The van der Waals surface area contributed by atoms with Gasteiger partial charge in [-0.25, -0.2) is 0 Å². The first kappa shape index (κ1) is 46.5. The second-order valence-electron chi connectivity index (χ2n) is 20.5. The number of fused-ring (bicyclic) bond motifs is 6. The van der Waals surface area contributed by atoms with Gasteiger partial charge in [-0.3, -0.25) is 0 Å². The first-order chi connectivity index (χ1) is 33.8. The Hall–Kier alpha value is -7.20. The molecule has 3 heteroatoms. The Morgan fingerprint density at radius 3 is 1.87 bits per heavy atom. The number of benzene rings is 6. The van der Waals surface area contributed by atoms with Crippen LogP contribution in [0.4, 0.5) is 22.7 Å². The molecule has 0 saturated carbocycles. The maximum Gasteiger partial charge on any atom is 0.0560 e. The van der Waals surface area contributed by atoms with Crippen LogP contribution in [0.1, 0.15) is 93.1 Å². The minimum absolute atomic E-state index is 0.128. The number of nitrogens with zero attached hydrogens (tertiary/aromatic N) is 2. The van der Waals surface area contributed by atoms with E-state index in [-0.39, 0.29) is 16.9 Å². The topological polar surface area (TPSA) is 6.48 Å². The number of para-hydroxylation sites is 1. The molecular formula is C67H64N2S. The monoisotopic (exact) mass is 928 g/mol. The van der Waals surface area contributed by atoms with Gasteiger partial charge in [-0.1, -0.05) is 167 Å². The molecule has 0 fully saturated rings. The van der Waals surface area contributed by atoms with Crippen molar-refractivity contribution in [2.45, 2.75) is 78.7 Å². The van der Waals surface area contributed by atoms with Gasteiger partial charge in [0.2, 0.25) is 0 Å². The predicted molar refractivity (Wildman–Crippen MR) is 305 cm³/mol. The van der Waals surface area contributed by atoms with Crippen LogP contribution in [-0.4, -0.2) is 12.6 Å². The van der Waals surface area contributed by atoms with E-state index in [0.29, 0.717) is 0 Å². The van der Waals surface area contributed by atoms with E-state index in [0.717, 1.165) is 18.7 Å². The van der Waals surface area contributed by atoms with Crippen molar-refractivity contribution in [3.8, 4) is 32.7 Å². The highest BCUT2D eigenvalue weighted by molar-refractivity contribution is 7.15. The van der Waals surface area contributed by atoms with Crippen LogP contribution in [-0.2, 0) is 10.8 Å². The summed E-state index contributed by atoms with van der Waals surface area (Å²) in [6, 6.07) is 53.0. The van der Waals surface area contributed by atoms with Gasteiger partial charge < -0.3 is 9.80 Å². The van der Waals surface area contributed by atoms with Crippen molar-refractivity contribution in [2.24, 2.45) is 0 Å². The van der Waals surface area contributed by atoms with Gasteiger partial charge >= 0.3 is 0 Å². The van der Waals surface area contributed by atoms with E-state index in [2.05, 4.69) is 254 Å². The fourth-order valence-electron chi connectivity index (χ4n) is 10.9. The third kappa shape index (κ3) is 8.73. The number of aryl methyl sites for hydroxylation is 1. The zero-order valence-corrected chi connectivity index (χ0v) is 42.9. The van der Waals surface area contributed by atoms with E-state index in [4.69, 9.17) is 0 Å². The lowest BCUT2D eigenvalue weighted by atomic mass is 9.81. The van der Waals surface area contributed by atoms with Crippen LogP contribution in [0.25, 0.3) is 43.8 Å². The third-order valence-electron chi connectivity index (χ3n) is 14.8. The summed E-state index contributed by atoms with van der Waals surface area (Å²) in [7, 11) is 0. The number of thiophene rings is 1. The molecule has 1 aromatic heterocycles. The molecule has 2 nitrogen and oxygen atoms in total. The lowest BCUT2D eigenvalue weighted by molar-refractivity contribution is 0.659. The molecule has 0 N–H and O–H groups in total. The first-order valence-corrected chi connectivity index (χ1v) is 25.7. The Kier molecular flexibility index (Phi) is 12.6. The first-order valence-electron chi connectivity index (χ1n) is 24.8. The molecular weight excluding hydrogens is 865 g/mol. The number of hydrogen-bond acceptors (Lipinski definition) is 3. The van der Waals surface area contributed by atoms with Gasteiger partial charge in [-0.05, 0) is 179 Å². The SMILES string of the molecule is C=C/C=C\C=C/CN(c1ccc(C2=CCC(N(c3ccccc3)c3ccc4c(c3)C(C)(C)c3cc(-c5ccc(C)s5)ccc3-4)C=C2)cc1)c1ccc2c(c1)C(C)(C)c1cc(/C(C)=C/C=C(C)C)ccc1-2. The molecule has 7 aromatic rings. The highest BCUT2D eigenvalue weighted by Gasteiger charge is 2.38. The van der Waals surface area contributed by atoms with Crippen LogP contribution in [0, 0.1) is 6.92 Å². The van der Waals surface area contributed by atoms with Crippen molar-refractivity contribution in [3.63, 3.8) is 0 Å². The fourth-order valence-corrected chi connectivity index (χ4v) is 11.7. The highest BCUT2D eigenvalue weighted by Crippen LogP contribution is 2.53. The molecule has 3 aliphatic carbocycles. The quantitative estimate of drug-likeness (QED) is 0.106. The van der Waals surface area contributed by atoms with Crippen molar-refractivity contribution >= 4 is 45.2 Å². The molecule has 0 radical (unpaired) electrons. The smallest absolute Gasteiger partial charge is 0.0560 e. The van der Waals surface area contributed by atoms with Crippen molar-refractivity contribution in [1.29, 1.82) is 0 Å². The van der Waals surface area contributed by atoms with Crippen LogP contribution in [0.5, 0.6) is 0 Å². The van der Waals surface area contributed by atoms with Crippen LogP contribution in [0.15, 0.2) is 212 Å². The summed E-state index contributed by atoms with van der Waals surface area (Å²) in [6.07, 6.45) is 22.7. The summed E-state index contributed by atoms with van der Waals surface area (Å²) >= 11 is 1.87. The molecule has 1 heterocycles. The van der Waals surface area contributed by atoms with Gasteiger partial charge in [0.1, 0.15) is 0 Å². The lowest BCUT2D eigenvalue weighted by Gasteiger charge is -2.34. The molecule has 1 unspecified atom stereocenters. The molecule has 6 aromatic carbocycles. The fraction of sp³-hybridized carbons (Fsp3) is 0.194. The zero-order valence-electron chi connectivity index (χ0n) is 42.1. The zero-order chi connectivity index (χ0) is 48.7. The third-order valence-corrected chi connectivity index (χ3v) is 15.8. The Labute approximate surface area is 421 Å². The average Bonchev–Trinajstić information content (AvgIpc) is 3.98. The molecule has 348 valence electrons. The van der Waals surface area contributed by atoms with Gasteiger partial charge in [0.05, 0.1) is 6.04 Å². The van der Waals surface area contributed by atoms with Gasteiger partial charge in [0, 0.05) is 49.9 Å². The molecule has 0 saturated heterocycles. The predicted octanol–water partition coefficient (Wildman–Crippen LogP) is 18.7. The summed E-state index contributed by atoms with van der Waals surface area (Å²) in [5.74, 6) is 0. The molecule has 1 atom stereocenters. The number of rotatable bonds is 13.